The Bertz CT molecular complexity index is 1250. The maximum absolute atomic E-state index is 14.3. The molecule has 2 aliphatic rings. The Balaban J connectivity index is 1.64. The second kappa shape index (κ2) is 8.48. The number of nitrogens with one attached hydrogen (secondary N) is 1. The number of allylic oxidation sites excluding steroid dienone is 2. The van der Waals surface area contributed by atoms with Crippen molar-refractivity contribution in [2.45, 2.75) is 30.5 Å². The van der Waals surface area contributed by atoms with Gasteiger partial charge in [0.2, 0.25) is 0 Å². The molecular weight excluding hydrogens is 522 g/mol. The minimum absolute atomic E-state index is 0.0416. The minimum atomic E-state index is -4.59. The van der Waals surface area contributed by atoms with E-state index in [4.69, 9.17) is 34.8 Å². The van der Waals surface area contributed by atoms with E-state index >= 15 is 0 Å². The van der Waals surface area contributed by atoms with E-state index in [-0.39, 0.29) is 50.5 Å². The van der Waals surface area contributed by atoms with Crippen molar-refractivity contribution in [3.63, 3.8) is 0 Å². The number of halogens is 6. The average Bonchev–Trinajstić information content (AvgIpc) is 3.12. The third kappa shape index (κ3) is 4.76. The largest absolute Gasteiger partial charge is 0.401 e. The Morgan fingerprint density at radius 3 is 2.21 bits per heavy atom. The Labute approximate surface area is 203 Å². The van der Waals surface area contributed by atoms with Gasteiger partial charge in [-0.05, 0) is 59.9 Å². The highest BCUT2D eigenvalue weighted by Gasteiger charge is 2.56. The monoisotopic (exact) mass is 537 g/mol. The molecule has 2 aromatic rings. The van der Waals surface area contributed by atoms with Crippen LogP contribution in [-0.2, 0) is 15.3 Å². The fourth-order valence-electron chi connectivity index (χ4n) is 4.24. The van der Waals surface area contributed by atoms with Crippen molar-refractivity contribution >= 4 is 56.1 Å². The van der Waals surface area contributed by atoms with Gasteiger partial charge in [0.15, 0.2) is 9.84 Å². The Morgan fingerprint density at radius 1 is 1.03 bits per heavy atom. The van der Waals surface area contributed by atoms with E-state index in [9.17, 15) is 26.4 Å². The second-order valence-corrected chi connectivity index (χ2v) is 11.7. The molecule has 4 nitrogen and oxygen atoms in total. The normalized spacial score (nSPS) is 22.5. The fourth-order valence-corrected chi connectivity index (χ4v) is 6.32. The summed E-state index contributed by atoms with van der Waals surface area (Å²) in [7, 11) is -3.10. The van der Waals surface area contributed by atoms with E-state index < -0.39 is 33.4 Å². The number of alkyl halides is 3. The van der Waals surface area contributed by atoms with Crippen LogP contribution in [0.15, 0.2) is 42.5 Å². The third-order valence-electron chi connectivity index (χ3n) is 5.92. The molecule has 1 N–H and O–H groups in total. The quantitative estimate of drug-likeness (QED) is 0.531. The van der Waals surface area contributed by atoms with Gasteiger partial charge in [0.05, 0.1) is 28.1 Å². The molecule has 1 heterocycles. The van der Waals surface area contributed by atoms with Crippen LogP contribution in [-0.4, -0.2) is 38.0 Å². The molecule has 2 aromatic carbocycles. The van der Waals surface area contributed by atoms with Gasteiger partial charge in [0.1, 0.15) is 5.41 Å². The number of amides is 1. The maximum atomic E-state index is 14.3. The number of carbonyl (C=O) groups excluding carboxylic acids is 1. The molecule has 0 saturated carbocycles. The molecule has 0 radical (unpaired) electrons. The van der Waals surface area contributed by atoms with Gasteiger partial charge in [0.25, 0.3) is 5.91 Å². The van der Waals surface area contributed by atoms with E-state index in [0.29, 0.717) is 11.1 Å². The van der Waals surface area contributed by atoms with E-state index in [2.05, 4.69) is 5.32 Å². The van der Waals surface area contributed by atoms with Crippen LogP contribution < -0.4 is 5.32 Å². The molecule has 1 aliphatic heterocycles. The molecule has 1 aliphatic carbocycles. The van der Waals surface area contributed by atoms with Crippen molar-refractivity contribution in [3.8, 4) is 0 Å². The number of carbonyl (C=O) groups is 1. The van der Waals surface area contributed by atoms with Crippen LogP contribution in [0.5, 0.6) is 0 Å². The second-order valence-electron chi connectivity index (χ2n) is 8.24. The number of hydrogen-bond donors (Lipinski definition) is 1. The maximum Gasteiger partial charge on any atom is 0.401 e. The summed E-state index contributed by atoms with van der Waals surface area (Å²) >= 11 is 18.2. The Morgan fingerprint density at radius 2 is 1.67 bits per heavy atom. The SMILES string of the molecule is O=C(NC1CS(=O)(=O)C1)c1ccc(C2=CC(c3cc(Cl)cc(Cl)c3)(C(F)(F)F)CC2)cc1Cl. The van der Waals surface area contributed by atoms with Crippen molar-refractivity contribution < 1.29 is 26.4 Å². The summed E-state index contributed by atoms with van der Waals surface area (Å²) in [6.07, 6.45) is -3.51. The molecule has 0 bridgehead atoms. The lowest BCUT2D eigenvalue weighted by Crippen LogP contribution is -2.52. The Hall–Kier alpha value is -1.74. The molecule has 0 spiro atoms. The van der Waals surface area contributed by atoms with Crippen LogP contribution in [0.1, 0.15) is 34.3 Å². The van der Waals surface area contributed by atoms with Gasteiger partial charge in [0, 0.05) is 10.0 Å². The summed E-state index contributed by atoms with van der Waals surface area (Å²) in [6.45, 7) is 0. The van der Waals surface area contributed by atoms with Gasteiger partial charge in [-0.15, -0.1) is 0 Å². The highest BCUT2D eigenvalue weighted by molar-refractivity contribution is 7.92. The Kier molecular flexibility index (Phi) is 6.27. The van der Waals surface area contributed by atoms with Gasteiger partial charge < -0.3 is 5.32 Å². The molecule has 1 amide bonds. The first-order valence-electron chi connectivity index (χ1n) is 9.86. The zero-order chi connectivity index (χ0) is 24.2. The predicted molar refractivity (Wildman–Crippen MR) is 123 cm³/mol. The standard InChI is InChI=1S/C22H17Cl3F3NO3S/c23-15-6-14(7-16(24)8-15)21(22(26,27)28)4-3-13(9-21)12-1-2-18(19(25)5-12)20(30)29-17-10-33(31,32)11-17/h1-2,5-9,17H,3-4,10-11H2,(H,29,30). The lowest BCUT2D eigenvalue weighted by molar-refractivity contribution is -0.175. The molecule has 11 heteroatoms. The molecule has 176 valence electrons. The zero-order valence-corrected chi connectivity index (χ0v) is 19.9. The molecule has 1 unspecified atom stereocenters. The van der Waals surface area contributed by atoms with Crippen molar-refractivity contribution in [2.75, 3.05) is 11.5 Å². The minimum Gasteiger partial charge on any atom is -0.347 e. The summed E-state index contributed by atoms with van der Waals surface area (Å²) in [5.41, 5.74) is -1.29. The van der Waals surface area contributed by atoms with Crippen molar-refractivity contribution in [1.82, 2.24) is 5.32 Å². The molecule has 4 rings (SSSR count). The van der Waals surface area contributed by atoms with E-state index in [1.165, 1.54) is 42.5 Å². The fraction of sp³-hybridized carbons (Fsp3) is 0.318. The van der Waals surface area contributed by atoms with Crippen molar-refractivity contribution in [1.29, 1.82) is 0 Å². The summed E-state index contributed by atoms with van der Waals surface area (Å²) in [5.74, 6) is -0.798. The number of benzene rings is 2. The first-order chi connectivity index (χ1) is 15.3. The topological polar surface area (TPSA) is 63.2 Å². The van der Waals surface area contributed by atoms with Gasteiger partial charge in [-0.1, -0.05) is 46.9 Å². The summed E-state index contributed by atoms with van der Waals surface area (Å²) in [6, 6.07) is 7.82. The van der Waals surface area contributed by atoms with E-state index in [1.807, 2.05) is 0 Å². The van der Waals surface area contributed by atoms with Crippen LogP contribution in [0.4, 0.5) is 13.2 Å². The summed E-state index contributed by atoms with van der Waals surface area (Å²) < 4.78 is 65.3. The highest BCUT2D eigenvalue weighted by Crippen LogP contribution is 2.53. The van der Waals surface area contributed by atoms with Crippen LogP contribution in [0.2, 0.25) is 15.1 Å². The molecule has 0 aromatic heterocycles. The van der Waals surface area contributed by atoms with Crippen LogP contribution in [0, 0.1) is 0 Å². The van der Waals surface area contributed by atoms with Gasteiger partial charge in [-0.3, -0.25) is 4.79 Å². The number of rotatable bonds is 4. The third-order valence-corrected chi connectivity index (χ3v) is 8.49. The molecule has 1 fully saturated rings. The predicted octanol–water partition coefficient (Wildman–Crippen LogP) is 5.85. The zero-order valence-electron chi connectivity index (χ0n) is 16.8. The van der Waals surface area contributed by atoms with Crippen molar-refractivity contribution in [3.05, 3.63) is 74.2 Å². The average molecular weight is 539 g/mol. The van der Waals surface area contributed by atoms with Gasteiger partial charge in [-0.25, -0.2) is 8.42 Å². The van der Waals surface area contributed by atoms with Gasteiger partial charge >= 0.3 is 6.18 Å². The van der Waals surface area contributed by atoms with Gasteiger partial charge in [-0.2, -0.15) is 13.2 Å². The van der Waals surface area contributed by atoms with Crippen molar-refractivity contribution in [2.24, 2.45) is 0 Å². The lowest BCUT2D eigenvalue weighted by atomic mass is 9.79. The first-order valence-corrected chi connectivity index (χ1v) is 12.8. The number of hydrogen-bond acceptors (Lipinski definition) is 3. The lowest BCUT2D eigenvalue weighted by Gasteiger charge is -2.31. The molecular formula is C22H17Cl3F3NO3S. The van der Waals surface area contributed by atoms with Crippen LogP contribution in [0.3, 0.4) is 0 Å². The molecule has 1 saturated heterocycles. The molecule has 33 heavy (non-hydrogen) atoms. The smallest absolute Gasteiger partial charge is 0.347 e. The summed E-state index contributed by atoms with van der Waals surface area (Å²) in [4.78, 5) is 12.4. The van der Waals surface area contributed by atoms with Crippen LogP contribution in [0.25, 0.3) is 5.57 Å². The molecule has 1 atom stereocenters. The van der Waals surface area contributed by atoms with Crippen LogP contribution >= 0.6 is 34.8 Å². The summed E-state index contributed by atoms with van der Waals surface area (Å²) in [5, 5.41) is 2.87. The number of sulfone groups is 1. The highest BCUT2D eigenvalue weighted by atomic mass is 35.5. The van der Waals surface area contributed by atoms with E-state index in [0.717, 1.165) is 0 Å². The first kappa shape index (κ1) is 24.4. The van der Waals surface area contributed by atoms with E-state index in [1.54, 1.807) is 0 Å².